The molecule has 2 atom stereocenters. The Balaban J connectivity index is 1.76. The summed E-state index contributed by atoms with van der Waals surface area (Å²) < 4.78 is 24.2. The number of nitrogens with zero attached hydrogens (tertiary/aromatic N) is 2. The Morgan fingerprint density at radius 3 is 3.00 bits per heavy atom. The zero-order chi connectivity index (χ0) is 19.8. The number of nitrogens with one attached hydrogen (secondary N) is 1. The predicted molar refractivity (Wildman–Crippen MR) is 96.3 cm³/mol. The molecule has 8 nitrogen and oxygen atoms in total. The van der Waals surface area contributed by atoms with E-state index in [1.807, 2.05) is 0 Å². The highest BCUT2D eigenvalue weighted by atomic mass is 19.1. The highest BCUT2D eigenvalue weighted by Crippen LogP contribution is 2.12. The third kappa shape index (κ3) is 7.40. The van der Waals surface area contributed by atoms with E-state index in [1.54, 1.807) is 35.9 Å². The van der Waals surface area contributed by atoms with Crippen LogP contribution in [0.3, 0.4) is 0 Å². The first-order valence-electron chi connectivity index (χ1n) is 8.79. The van der Waals surface area contributed by atoms with Gasteiger partial charge in [-0.3, -0.25) is 9.69 Å². The third-order valence-electron chi connectivity index (χ3n) is 4.01. The highest BCUT2D eigenvalue weighted by Gasteiger charge is 2.26. The molecule has 2 unspecified atom stereocenters. The van der Waals surface area contributed by atoms with Crippen LogP contribution < -0.4 is 10.1 Å². The van der Waals surface area contributed by atoms with Gasteiger partial charge < -0.3 is 24.8 Å². The minimum atomic E-state index is -0.907. The van der Waals surface area contributed by atoms with Crippen molar-refractivity contribution >= 4 is 12.0 Å². The lowest BCUT2D eigenvalue weighted by Gasteiger charge is -2.35. The number of urea groups is 1. The Morgan fingerprint density at radius 1 is 1.52 bits per heavy atom. The normalized spacial score (nSPS) is 18.2. The highest BCUT2D eigenvalue weighted by molar-refractivity contribution is 5.74. The molecule has 2 rings (SSSR count). The number of hydrogen-bond acceptors (Lipinski definition) is 5. The van der Waals surface area contributed by atoms with Crippen LogP contribution in [0.2, 0.25) is 0 Å². The summed E-state index contributed by atoms with van der Waals surface area (Å²) >= 11 is 0. The molecule has 1 saturated heterocycles. The maximum atomic E-state index is 13.1. The average Bonchev–Trinajstić information content (AvgIpc) is 2.59. The molecule has 0 spiro atoms. The molecular weight excluding hydrogens is 357 g/mol. The van der Waals surface area contributed by atoms with Crippen LogP contribution in [-0.4, -0.2) is 85.5 Å². The van der Waals surface area contributed by atoms with Crippen molar-refractivity contribution < 1.29 is 28.6 Å². The molecule has 1 fully saturated rings. The first-order chi connectivity index (χ1) is 12.8. The summed E-state index contributed by atoms with van der Waals surface area (Å²) in [6.45, 7) is 3.60. The van der Waals surface area contributed by atoms with Crippen molar-refractivity contribution in [2.24, 2.45) is 0 Å². The van der Waals surface area contributed by atoms with E-state index in [0.717, 1.165) is 0 Å². The molecule has 150 valence electrons. The molecule has 1 aromatic rings. The van der Waals surface area contributed by atoms with Crippen molar-refractivity contribution in [2.45, 2.75) is 19.1 Å². The summed E-state index contributed by atoms with van der Waals surface area (Å²) in [5.74, 6) is -0.879. The van der Waals surface area contributed by atoms with Gasteiger partial charge in [0, 0.05) is 25.7 Å². The van der Waals surface area contributed by atoms with Gasteiger partial charge in [-0.05, 0) is 26.1 Å². The van der Waals surface area contributed by atoms with Gasteiger partial charge in [-0.2, -0.15) is 0 Å². The Hall–Kier alpha value is -2.39. The second kappa shape index (κ2) is 10.1. The molecule has 9 heteroatoms. The first-order valence-corrected chi connectivity index (χ1v) is 8.79. The molecule has 0 bridgehead atoms. The maximum Gasteiger partial charge on any atom is 0.317 e. The van der Waals surface area contributed by atoms with Gasteiger partial charge in [-0.1, -0.05) is 6.07 Å². The average molecular weight is 383 g/mol. The number of amides is 2. The molecule has 0 radical (unpaired) electrons. The lowest BCUT2D eigenvalue weighted by Crippen LogP contribution is -2.54. The fourth-order valence-corrected chi connectivity index (χ4v) is 2.78. The first kappa shape index (κ1) is 20.9. The van der Waals surface area contributed by atoms with Crippen LogP contribution in [0.5, 0.6) is 5.75 Å². The van der Waals surface area contributed by atoms with Crippen LogP contribution in [0.15, 0.2) is 24.3 Å². The zero-order valence-electron chi connectivity index (χ0n) is 15.6. The van der Waals surface area contributed by atoms with Gasteiger partial charge in [-0.25, -0.2) is 9.18 Å². The lowest BCUT2D eigenvalue weighted by molar-refractivity contribution is -0.138. The molecule has 1 aliphatic heterocycles. The van der Waals surface area contributed by atoms with E-state index < -0.39 is 5.97 Å². The number of carboxylic acid groups (broad SMARTS) is 1. The number of ether oxygens (including phenoxy) is 2. The van der Waals surface area contributed by atoms with Gasteiger partial charge in [0.15, 0.2) is 0 Å². The number of carbonyl (C=O) groups is 2. The van der Waals surface area contributed by atoms with Crippen LogP contribution in [0.1, 0.15) is 6.92 Å². The fraction of sp³-hybridized carbons (Fsp3) is 0.556. The largest absolute Gasteiger partial charge is 0.491 e. The molecule has 0 aromatic heterocycles. The number of carbonyl (C=O) groups excluding carboxylic acids is 1. The van der Waals surface area contributed by atoms with Crippen molar-refractivity contribution in [1.82, 2.24) is 15.1 Å². The van der Waals surface area contributed by atoms with Crippen molar-refractivity contribution in [3.8, 4) is 5.75 Å². The Morgan fingerprint density at radius 2 is 2.30 bits per heavy atom. The second-order valence-corrected chi connectivity index (χ2v) is 6.65. The molecule has 0 saturated carbocycles. The summed E-state index contributed by atoms with van der Waals surface area (Å²) in [6, 6.07) is 5.33. The van der Waals surface area contributed by atoms with E-state index in [9.17, 15) is 14.0 Å². The summed E-state index contributed by atoms with van der Waals surface area (Å²) in [5, 5.41) is 11.7. The van der Waals surface area contributed by atoms with E-state index in [2.05, 4.69) is 5.32 Å². The van der Waals surface area contributed by atoms with E-state index in [1.165, 1.54) is 12.1 Å². The number of morpholine rings is 1. The van der Waals surface area contributed by atoms with E-state index >= 15 is 0 Å². The number of halogens is 1. The smallest absolute Gasteiger partial charge is 0.317 e. The molecule has 2 amide bonds. The Bertz CT molecular complexity index is 645. The lowest BCUT2D eigenvalue weighted by atomic mass is 10.2. The number of rotatable bonds is 8. The molecule has 2 N–H and O–H groups in total. The Labute approximate surface area is 157 Å². The quantitative estimate of drug-likeness (QED) is 0.697. The van der Waals surface area contributed by atoms with Crippen LogP contribution in [0.4, 0.5) is 9.18 Å². The van der Waals surface area contributed by atoms with Crippen molar-refractivity contribution in [3.05, 3.63) is 30.1 Å². The predicted octanol–water partition coefficient (Wildman–Crippen LogP) is 1.02. The number of likely N-dealkylation sites (N-methyl/N-ethyl adjacent to an activating group) is 1. The van der Waals surface area contributed by atoms with Crippen LogP contribution in [-0.2, 0) is 9.53 Å². The number of benzene rings is 1. The summed E-state index contributed by atoms with van der Waals surface area (Å²) in [4.78, 5) is 26.4. The van der Waals surface area contributed by atoms with Gasteiger partial charge in [-0.15, -0.1) is 0 Å². The zero-order valence-corrected chi connectivity index (χ0v) is 15.6. The van der Waals surface area contributed by atoms with E-state index in [4.69, 9.17) is 14.6 Å². The van der Waals surface area contributed by atoms with Crippen LogP contribution in [0.25, 0.3) is 0 Å². The van der Waals surface area contributed by atoms with Crippen molar-refractivity contribution in [3.63, 3.8) is 0 Å². The molecule has 1 heterocycles. The fourth-order valence-electron chi connectivity index (χ4n) is 2.78. The molecule has 0 aliphatic carbocycles. The third-order valence-corrected chi connectivity index (χ3v) is 4.01. The van der Waals surface area contributed by atoms with E-state index in [0.29, 0.717) is 32.0 Å². The van der Waals surface area contributed by atoms with Gasteiger partial charge in [0.1, 0.15) is 18.2 Å². The minimum Gasteiger partial charge on any atom is -0.491 e. The second-order valence-electron chi connectivity index (χ2n) is 6.65. The van der Waals surface area contributed by atoms with Crippen LogP contribution in [0, 0.1) is 5.82 Å². The molecular formula is C18H26FN3O5. The SMILES string of the molecule is CC(COc1cccc(F)c1)NC(=O)N1CCOC(CN(C)CC(=O)O)C1. The van der Waals surface area contributed by atoms with Crippen molar-refractivity contribution in [1.29, 1.82) is 0 Å². The summed E-state index contributed by atoms with van der Waals surface area (Å²) in [5.41, 5.74) is 0. The van der Waals surface area contributed by atoms with Gasteiger partial charge in [0.25, 0.3) is 0 Å². The number of aliphatic carboxylic acids is 1. The van der Waals surface area contributed by atoms with Gasteiger partial charge >= 0.3 is 12.0 Å². The van der Waals surface area contributed by atoms with Gasteiger partial charge in [0.05, 0.1) is 25.3 Å². The van der Waals surface area contributed by atoms with E-state index in [-0.39, 0.29) is 37.1 Å². The standard InChI is InChI=1S/C18H26FN3O5/c1-13(12-27-15-5-3-4-14(19)8-15)20-18(25)22-6-7-26-16(10-22)9-21(2)11-17(23)24/h3-5,8,13,16H,6-7,9-12H2,1-2H3,(H,20,25)(H,23,24). The number of carboxylic acids is 1. The molecule has 27 heavy (non-hydrogen) atoms. The van der Waals surface area contributed by atoms with Gasteiger partial charge in [0.2, 0.25) is 0 Å². The monoisotopic (exact) mass is 383 g/mol. The van der Waals surface area contributed by atoms with Crippen molar-refractivity contribution in [2.75, 3.05) is 46.4 Å². The Kier molecular flexibility index (Phi) is 7.81. The maximum absolute atomic E-state index is 13.1. The molecule has 1 aliphatic rings. The topological polar surface area (TPSA) is 91.3 Å². The summed E-state index contributed by atoms with van der Waals surface area (Å²) in [7, 11) is 1.70. The minimum absolute atomic E-state index is 0.0828. The summed E-state index contributed by atoms with van der Waals surface area (Å²) in [6.07, 6.45) is -0.243. The molecule has 1 aromatic carbocycles. The van der Waals surface area contributed by atoms with Crippen LogP contribution >= 0.6 is 0 Å². The number of hydrogen-bond donors (Lipinski definition) is 2.